The summed E-state index contributed by atoms with van der Waals surface area (Å²) in [5.74, 6) is 0.851. The molecule has 0 bridgehead atoms. The Balaban J connectivity index is 2.03. The van der Waals surface area contributed by atoms with Crippen LogP contribution in [0.2, 0.25) is 0 Å². The number of nitrogens with zero attached hydrogens (tertiary/aromatic N) is 3. The highest BCUT2D eigenvalue weighted by atomic mass is 15.2. The molecule has 1 aliphatic heterocycles. The first kappa shape index (κ1) is 12.8. The molecule has 1 aromatic heterocycles. The molecule has 2 heterocycles. The molecule has 1 saturated heterocycles. The zero-order valence-electron chi connectivity index (χ0n) is 11.1. The van der Waals surface area contributed by atoms with Gasteiger partial charge in [-0.15, -0.1) is 0 Å². The third-order valence-electron chi connectivity index (χ3n) is 4.06. The van der Waals surface area contributed by atoms with Crippen LogP contribution in [0.5, 0.6) is 0 Å². The van der Waals surface area contributed by atoms with Crippen LogP contribution in [0.15, 0.2) is 12.4 Å². The molecule has 3 N–H and O–H groups in total. The Labute approximate surface area is 108 Å². The van der Waals surface area contributed by atoms with Crippen LogP contribution in [0.1, 0.15) is 38.8 Å². The van der Waals surface area contributed by atoms with E-state index in [0.717, 1.165) is 18.9 Å². The van der Waals surface area contributed by atoms with Crippen molar-refractivity contribution in [1.29, 1.82) is 5.41 Å². The largest absolute Gasteiger partial charge is 0.382 e. The molecule has 0 unspecified atom stereocenters. The zero-order valence-corrected chi connectivity index (χ0v) is 11.1. The lowest BCUT2D eigenvalue weighted by Crippen LogP contribution is -2.39. The molecule has 1 aromatic rings. The van der Waals surface area contributed by atoms with Crippen molar-refractivity contribution in [3.63, 3.8) is 0 Å². The van der Waals surface area contributed by atoms with E-state index >= 15 is 0 Å². The van der Waals surface area contributed by atoms with E-state index in [1.165, 1.54) is 19.3 Å². The van der Waals surface area contributed by atoms with Crippen molar-refractivity contribution in [1.82, 2.24) is 9.97 Å². The maximum absolute atomic E-state index is 7.29. The highest BCUT2D eigenvalue weighted by Gasteiger charge is 2.28. The van der Waals surface area contributed by atoms with Crippen LogP contribution < -0.4 is 10.6 Å². The second-order valence-electron chi connectivity index (χ2n) is 5.32. The van der Waals surface area contributed by atoms with E-state index < -0.39 is 0 Å². The van der Waals surface area contributed by atoms with Crippen molar-refractivity contribution in [2.75, 3.05) is 18.0 Å². The van der Waals surface area contributed by atoms with Crippen LogP contribution in [0.25, 0.3) is 0 Å². The lowest BCUT2D eigenvalue weighted by atomic mass is 9.78. The summed E-state index contributed by atoms with van der Waals surface area (Å²) in [5, 5.41) is 7.29. The van der Waals surface area contributed by atoms with Gasteiger partial charge in [-0.2, -0.15) is 0 Å². The second-order valence-corrected chi connectivity index (χ2v) is 5.32. The summed E-state index contributed by atoms with van der Waals surface area (Å²) < 4.78 is 0. The molecule has 2 rings (SSSR count). The second kappa shape index (κ2) is 4.92. The fraction of sp³-hybridized carbons (Fsp3) is 0.615. The smallest absolute Gasteiger partial charge is 0.147 e. The van der Waals surface area contributed by atoms with E-state index in [2.05, 4.69) is 28.7 Å². The van der Waals surface area contributed by atoms with Crippen LogP contribution >= 0.6 is 0 Å². The van der Waals surface area contributed by atoms with Crippen molar-refractivity contribution in [2.45, 2.75) is 33.1 Å². The number of piperidine rings is 1. The molecule has 0 radical (unpaired) electrons. The lowest BCUT2D eigenvalue weighted by molar-refractivity contribution is 0.237. The van der Waals surface area contributed by atoms with Gasteiger partial charge < -0.3 is 10.6 Å². The maximum atomic E-state index is 7.29. The molecule has 98 valence electrons. The Morgan fingerprint density at radius 2 is 2.06 bits per heavy atom. The van der Waals surface area contributed by atoms with E-state index in [9.17, 15) is 0 Å². The fourth-order valence-electron chi connectivity index (χ4n) is 2.25. The topological polar surface area (TPSA) is 78.9 Å². The maximum Gasteiger partial charge on any atom is 0.147 e. The van der Waals surface area contributed by atoms with Crippen LogP contribution in [-0.4, -0.2) is 28.9 Å². The first-order valence-electron chi connectivity index (χ1n) is 6.45. The summed E-state index contributed by atoms with van der Waals surface area (Å²) in [6, 6.07) is 0. The molecule has 0 saturated carbocycles. The fourth-order valence-corrected chi connectivity index (χ4v) is 2.25. The number of amidine groups is 1. The number of nitrogens with two attached hydrogens (primary N) is 1. The number of hydrogen-bond donors (Lipinski definition) is 2. The molecule has 0 aliphatic carbocycles. The number of hydrogen-bond acceptors (Lipinski definition) is 4. The van der Waals surface area contributed by atoms with E-state index in [4.69, 9.17) is 11.1 Å². The molecule has 0 atom stereocenters. The van der Waals surface area contributed by atoms with Crippen molar-refractivity contribution in [3.05, 3.63) is 18.1 Å². The number of nitrogen functional groups attached to an aromatic ring is 1. The van der Waals surface area contributed by atoms with Crippen molar-refractivity contribution in [2.24, 2.45) is 11.1 Å². The minimum absolute atomic E-state index is 0.0359. The van der Waals surface area contributed by atoms with Gasteiger partial charge in [0.15, 0.2) is 0 Å². The third kappa shape index (κ3) is 2.60. The lowest BCUT2D eigenvalue weighted by Gasteiger charge is -2.39. The molecular weight excluding hydrogens is 226 g/mol. The Morgan fingerprint density at radius 1 is 1.39 bits per heavy atom. The first-order valence-corrected chi connectivity index (χ1v) is 6.45. The summed E-state index contributed by atoms with van der Waals surface area (Å²) in [7, 11) is 0. The van der Waals surface area contributed by atoms with Gasteiger partial charge in [0.05, 0.1) is 12.4 Å². The van der Waals surface area contributed by atoms with Gasteiger partial charge in [0.2, 0.25) is 0 Å². The number of rotatable bonds is 3. The quantitative estimate of drug-likeness (QED) is 0.630. The minimum Gasteiger partial charge on any atom is -0.382 e. The number of aromatic nitrogens is 2. The van der Waals surface area contributed by atoms with Gasteiger partial charge >= 0.3 is 0 Å². The van der Waals surface area contributed by atoms with Crippen LogP contribution in [-0.2, 0) is 0 Å². The Kier molecular flexibility index (Phi) is 3.50. The standard InChI is InChI=1S/C13H21N5/c1-3-13(2)4-6-18(7-5-13)11-9-16-10(8-17-11)12(14)15/h8-9H,3-7H2,1-2H3,(H3,14,15). The molecule has 1 fully saturated rings. The minimum atomic E-state index is -0.0359. The molecule has 18 heavy (non-hydrogen) atoms. The summed E-state index contributed by atoms with van der Waals surface area (Å²) in [4.78, 5) is 10.8. The third-order valence-corrected chi connectivity index (χ3v) is 4.06. The zero-order chi connectivity index (χ0) is 13.2. The molecule has 5 heteroatoms. The molecule has 5 nitrogen and oxygen atoms in total. The van der Waals surface area contributed by atoms with Crippen molar-refractivity contribution >= 4 is 11.7 Å². The average Bonchev–Trinajstić information content (AvgIpc) is 2.40. The monoisotopic (exact) mass is 247 g/mol. The van der Waals surface area contributed by atoms with Gasteiger partial charge in [-0.3, -0.25) is 5.41 Å². The van der Waals surface area contributed by atoms with Crippen LogP contribution in [0, 0.1) is 10.8 Å². The summed E-state index contributed by atoms with van der Waals surface area (Å²) >= 11 is 0. The Bertz CT molecular complexity index is 418. The highest BCUT2D eigenvalue weighted by Crippen LogP contribution is 2.34. The summed E-state index contributed by atoms with van der Waals surface area (Å²) in [6.07, 6.45) is 6.91. The molecule has 0 aromatic carbocycles. The van der Waals surface area contributed by atoms with Crippen molar-refractivity contribution in [3.8, 4) is 0 Å². The Morgan fingerprint density at radius 3 is 2.50 bits per heavy atom. The molecule has 0 amide bonds. The first-order chi connectivity index (χ1) is 8.54. The number of anilines is 1. The van der Waals surface area contributed by atoms with Gasteiger partial charge in [0.1, 0.15) is 17.3 Å². The average molecular weight is 247 g/mol. The van der Waals surface area contributed by atoms with E-state index in [-0.39, 0.29) is 5.84 Å². The number of nitrogens with one attached hydrogen (secondary N) is 1. The van der Waals surface area contributed by atoms with Crippen LogP contribution in [0.3, 0.4) is 0 Å². The van der Waals surface area contributed by atoms with Crippen molar-refractivity contribution < 1.29 is 0 Å². The summed E-state index contributed by atoms with van der Waals surface area (Å²) in [6.45, 7) is 6.67. The van der Waals surface area contributed by atoms with Gasteiger partial charge in [-0.25, -0.2) is 9.97 Å². The molecule has 0 spiro atoms. The van der Waals surface area contributed by atoms with E-state index in [0.29, 0.717) is 11.1 Å². The van der Waals surface area contributed by atoms with E-state index in [1.807, 2.05) is 0 Å². The highest BCUT2D eigenvalue weighted by molar-refractivity contribution is 5.92. The Hall–Kier alpha value is -1.65. The van der Waals surface area contributed by atoms with Gasteiger partial charge in [0.25, 0.3) is 0 Å². The van der Waals surface area contributed by atoms with Crippen LogP contribution in [0.4, 0.5) is 5.82 Å². The van der Waals surface area contributed by atoms with Gasteiger partial charge in [0, 0.05) is 13.1 Å². The summed E-state index contributed by atoms with van der Waals surface area (Å²) in [5.41, 5.74) is 6.28. The van der Waals surface area contributed by atoms with E-state index in [1.54, 1.807) is 12.4 Å². The molecular formula is C13H21N5. The molecule has 1 aliphatic rings. The predicted molar refractivity (Wildman–Crippen MR) is 72.9 cm³/mol. The normalized spacial score (nSPS) is 18.7. The van der Waals surface area contributed by atoms with Gasteiger partial charge in [-0.1, -0.05) is 20.3 Å². The van der Waals surface area contributed by atoms with Gasteiger partial charge in [-0.05, 0) is 18.3 Å². The predicted octanol–water partition coefficient (Wildman–Crippen LogP) is 1.78. The SMILES string of the molecule is CCC1(C)CCN(c2cnc(C(=N)N)cn2)CC1.